The zero-order valence-electron chi connectivity index (χ0n) is 8.44. The van der Waals surface area contributed by atoms with E-state index < -0.39 is 20.6 Å². The molecule has 0 aromatic carbocycles. The fourth-order valence-electron chi connectivity index (χ4n) is 0.989. The van der Waals surface area contributed by atoms with Crippen molar-refractivity contribution in [2.45, 2.75) is 24.5 Å². The average Bonchev–Trinajstić information content (AvgIpc) is 2.10. The third kappa shape index (κ3) is 2.54. The molecule has 1 unspecified atom stereocenters. The van der Waals surface area contributed by atoms with Gasteiger partial charge in [0.2, 0.25) is 0 Å². The van der Waals surface area contributed by atoms with E-state index in [0.717, 1.165) is 13.4 Å². The first-order valence-electron chi connectivity index (χ1n) is 4.01. The first-order chi connectivity index (χ1) is 6.29. The van der Waals surface area contributed by atoms with Crippen molar-refractivity contribution < 1.29 is 22.7 Å². The van der Waals surface area contributed by atoms with Crippen LogP contribution in [0.5, 0.6) is 0 Å². The first-order valence-corrected chi connectivity index (χ1v) is 5.90. The number of methoxy groups -OCH3 is 1. The highest BCUT2D eigenvalue weighted by molar-refractivity contribution is 7.92. The predicted octanol–water partition coefficient (Wildman–Crippen LogP) is -0.0582. The summed E-state index contributed by atoms with van der Waals surface area (Å²) in [5.74, 6) is -0.832. The fourth-order valence-corrected chi connectivity index (χ4v) is 1.86. The molecule has 0 aliphatic carbocycles. The van der Waals surface area contributed by atoms with E-state index in [1.54, 1.807) is 0 Å². The molecule has 0 aliphatic rings. The topological polar surface area (TPSA) is 77.5 Å². The number of hydrogen-bond donors (Lipinski definition) is 0. The molecule has 0 saturated carbocycles. The van der Waals surface area contributed by atoms with Crippen LogP contribution in [-0.4, -0.2) is 38.8 Å². The van der Waals surface area contributed by atoms with Crippen molar-refractivity contribution in [3.8, 4) is 0 Å². The van der Waals surface area contributed by atoms with Crippen LogP contribution < -0.4 is 0 Å². The second-order valence-electron chi connectivity index (χ2n) is 3.20. The van der Waals surface area contributed by atoms with E-state index in [-0.39, 0.29) is 12.8 Å². The quantitative estimate of drug-likeness (QED) is 0.481. The normalized spacial score (nSPS) is 15.6. The number of rotatable bonds is 5. The number of hydrogen-bond acceptors (Lipinski definition) is 5. The van der Waals surface area contributed by atoms with Crippen molar-refractivity contribution in [1.82, 2.24) is 0 Å². The molecule has 0 radical (unpaired) electrons. The van der Waals surface area contributed by atoms with Crippen molar-refractivity contribution in [3.63, 3.8) is 0 Å². The van der Waals surface area contributed by atoms with Gasteiger partial charge in [0.05, 0.1) is 7.11 Å². The van der Waals surface area contributed by atoms with Gasteiger partial charge in [0.1, 0.15) is 6.29 Å². The van der Waals surface area contributed by atoms with Crippen LogP contribution in [0.15, 0.2) is 0 Å². The highest BCUT2D eigenvalue weighted by Gasteiger charge is 2.44. The van der Waals surface area contributed by atoms with Gasteiger partial charge in [0, 0.05) is 12.7 Å². The highest BCUT2D eigenvalue weighted by Crippen LogP contribution is 2.23. The average molecular weight is 222 g/mol. The molecule has 0 bridgehead atoms. The molecular formula is C8H14O5S. The Morgan fingerprint density at radius 3 is 2.29 bits per heavy atom. The van der Waals surface area contributed by atoms with Gasteiger partial charge in [-0.25, -0.2) is 8.42 Å². The maximum atomic E-state index is 11.3. The van der Waals surface area contributed by atoms with Crippen LogP contribution in [0.4, 0.5) is 0 Å². The summed E-state index contributed by atoms with van der Waals surface area (Å²) in [4.78, 5) is 21.4. The van der Waals surface area contributed by atoms with E-state index in [1.807, 2.05) is 0 Å². The summed E-state index contributed by atoms with van der Waals surface area (Å²) < 4.78 is 25.5. The smallest absolute Gasteiger partial charge is 0.326 e. The van der Waals surface area contributed by atoms with Crippen LogP contribution in [0.3, 0.4) is 0 Å². The number of carbonyl (C=O) groups excluding carboxylic acids is 2. The van der Waals surface area contributed by atoms with Gasteiger partial charge < -0.3 is 9.53 Å². The molecule has 0 fully saturated rings. The number of esters is 1. The maximum absolute atomic E-state index is 11.3. The summed E-state index contributed by atoms with van der Waals surface area (Å²) in [5, 5.41) is 0. The van der Waals surface area contributed by atoms with Gasteiger partial charge in [0.25, 0.3) is 0 Å². The van der Waals surface area contributed by atoms with Crippen LogP contribution in [0.1, 0.15) is 19.8 Å². The standard InChI is InChI=1S/C8H14O5S/c1-8(5-4-6-9,7(10)13-2)14(3,11)12/h6H,4-5H2,1-3H3. The van der Waals surface area contributed by atoms with Gasteiger partial charge >= 0.3 is 5.97 Å². The summed E-state index contributed by atoms with van der Waals surface area (Å²) in [6, 6.07) is 0. The lowest BCUT2D eigenvalue weighted by Crippen LogP contribution is -2.44. The summed E-state index contributed by atoms with van der Waals surface area (Å²) in [6.07, 6.45) is 1.49. The van der Waals surface area contributed by atoms with E-state index in [9.17, 15) is 18.0 Å². The van der Waals surface area contributed by atoms with Crippen molar-refractivity contribution in [3.05, 3.63) is 0 Å². The fraction of sp³-hybridized carbons (Fsp3) is 0.750. The minimum atomic E-state index is -3.58. The minimum Gasteiger partial charge on any atom is -0.468 e. The Kier molecular flexibility index (Phi) is 4.25. The monoisotopic (exact) mass is 222 g/mol. The molecule has 0 aromatic heterocycles. The molecule has 0 N–H and O–H groups in total. The van der Waals surface area contributed by atoms with Gasteiger partial charge in [0.15, 0.2) is 14.6 Å². The van der Waals surface area contributed by atoms with Crippen molar-refractivity contribution in [2.24, 2.45) is 0 Å². The van der Waals surface area contributed by atoms with Crippen molar-refractivity contribution >= 4 is 22.1 Å². The lowest BCUT2D eigenvalue weighted by Gasteiger charge is -2.23. The molecule has 0 amide bonds. The first kappa shape index (κ1) is 13.1. The minimum absolute atomic E-state index is 0.0126. The second-order valence-corrected chi connectivity index (χ2v) is 5.65. The Labute approximate surface area is 83.4 Å². The van der Waals surface area contributed by atoms with Gasteiger partial charge in [-0.2, -0.15) is 0 Å². The number of ether oxygens (including phenoxy) is 1. The van der Waals surface area contributed by atoms with Gasteiger partial charge in [-0.05, 0) is 13.3 Å². The van der Waals surface area contributed by atoms with E-state index >= 15 is 0 Å². The molecule has 1 atom stereocenters. The molecule has 0 spiro atoms. The Morgan fingerprint density at radius 1 is 1.50 bits per heavy atom. The molecule has 0 aromatic rings. The number of aldehydes is 1. The molecular weight excluding hydrogens is 208 g/mol. The Hall–Kier alpha value is -0.910. The summed E-state index contributed by atoms with van der Waals surface area (Å²) >= 11 is 0. The van der Waals surface area contributed by atoms with Crippen molar-refractivity contribution in [2.75, 3.05) is 13.4 Å². The molecule has 14 heavy (non-hydrogen) atoms. The highest BCUT2D eigenvalue weighted by atomic mass is 32.2. The second kappa shape index (κ2) is 4.54. The summed E-state index contributed by atoms with van der Waals surface area (Å²) in [6.45, 7) is 1.26. The number of sulfone groups is 1. The largest absolute Gasteiger partial charge is 0.468 e. The van der Waals surface area contributed by atoms with E-state index in [4.69, 9.17) is 0 Å². The van der Waals surface area contributed by atoms with Gasteiger partial charge in [-0.15, -0.1) is 0 Å². The van der Waals surface area contributed by atoms with E-state index in [1.165, 1.54) is 6.92 Å². The lowest BCUT2D eigenvalue weighted by molar-refractivity contribution is -0.143. The molecule has 0 saturated heterocycles. The molecule has 82 valence electrons. The zero-order chi connectivity index (χ0) is 11.4. The number of carbonyl (C=O) groups is 2. The van der Waals surface area contributed by atoms with E-state index in [0.29, 0.717) is 6.29 Å². The molecule has 0 heterocycles. The molecule has 0 rings (SSSR count). The molecule has 0 aliphatic heterocycles. The summed E-state index contributed by atoms with van der Waals surface area (Å²) in [5.41, 5.74) is 0. The maximum Gasteiger partial charge on any atom is 0.326 e. The van der Waals surface area contributed by atoms with Crippen LogP contribution in [0, 0.1) is 0 Å². The van der Waals surface area contributed by atoms with E-state index in [2.05, 4.69) is 4.74 Å². The summed E-state index contributed by atoms with van der Waals surface area (Å²) in [7, 11) is -2.46. The third-order valence-corrected chi connectivity index (χ3v) is 4.18. The Bertz CT molecular complexity index is 319. The predicted molar refractivity (Wildman–Crippen MR) is 50.6 cm³/mol. The molecule has 5 nitrogen and oxygen atoms in total. The van der Waals surface area contributed by atoms with Crippen LogP contribution in [0.2, 0.25) is 0 Å². The third-order valence-electron chi connectivity index (χ3n) is 2.17. The molecule has 6 heteroatoms. The van der Waals surface area contributed by atoms with Crippen LogP contribution in [-0.2, 0) is 24.2 Å². The SMILES string of the molecule is COC(=O)C(C)(CCC=O)S(C)(=O)=O. The lowest BCUT2D eigenvalue weighted by atomic mass is 10.1. The van der Waals surface area contributed by atoms with Crippen LogP contribution >= 0.6 is 0 Å². The Morgan fingerprint density at radius 2 is 2.00 bits per heavy atom. The zero-order valence-corrected chi connectivity index (χ0v) is 9.26. The van der Waals surface area contributed by atoms with Gasteiger partial charge in [-0.1, -0.05) is 0 Å². The van der Waals surface area contributed by atoms with Gasteiger partial charge in [-0.3, -0.25) is 4.79 Å². The van der Waals surface area contributed by atoms with Crippen LogP contribution in [0.25, 0.3) is 0 Å². The van der Waals surface area contributed by atoms with Crippen molar-refractivity contribution in [1.29, 1.82) is 0 Å². The Balaban J connectivity index is 5.05.